The van der Waals surface area contributed by atoms with Gasteiger partial charge in [0.15, 0.2) is 0 Å². The second-order valence-corrected chi connectivity index (χ2v) is 7.79. The maximum atomic E-state index is 3.58. The Morgan fingerprint density at radius 2 is 0.900 bits per heavy atom. The molecule has 3 aromatic carbocycles. The summed E-state index contributed by atoms with van der Waals surface area (Å²) < 4.78 is 0. The maximum Gasteiger partial charge on any atom is 0.0233 e. The van der Waals surface area contributed by atoms with E-state index in [4.69, 9.17) is 0 Å². The number of hydrogen-bond acceptors (Lipinski definition) is 3. The van der Waals surface area contributed by atoms with Gasteiger partial charge in [0.25, 0.3) is 0 Å². The van der Waals surface area contributed by atoms with E-state index in [1.54, 1.807) is 0 Å². The Morgan fingerprint density at radius 3 is 1.33 bits per heavy atom. The van der Waals surface area contributed by atoms with E-state index in [1.807, 2.05) is 0 Å². The molecule has 0 amide bonds. The molecule has 30 heavy (non-hydrogen) atoms. The monoisotopic (exact) mass is 401 g/mol. The fourth-order valence-corrected chi connectivity index (χ4v) is 3.62. The largest absolute Gasteiger partial charge is 0.313 e. The zero-order valence-corrected chi connectivity index (χ0v) is 18.0. The van der Waals surface area contributed by atoms with Crippen molar-refractivity contribution in [1.29, 1.82) is 0 Å². The van der Waals surface area contributed by atoms with Crippen LogP contribution in [0.1, 0.15) is 29.5 Å². The number of benzene rings is 3. The minimum absolute atomic E-state index is 0.947. The molecule has 0 atom stereocenters. The van der Waals surface area contributed by atoms with Crippen LogP contribution in [0.3, 0.4) is 0 Å². The van der Waals surface area contributed by atoms with E-state index < -0.39 is 0 Å². The van der Waals surface area contributed by atoms with Gasteiger partial charge < -0.3 is 10.6 Å². The summed E-state index contributed by atoms with van der Waals surface area (Å²) >= 11 is 0. The van der Waals surface area contributed by atoms with E-state index >= 15 is 0 Å². The molecule has 158 valence electrons. The zero-order valence-electron chi connectivity index (χ0n) is 18.0. The lowest BCUT2D eigenvalue weighted by Gasteiger charge is -2.23. The van der Waals surface area contributed by atoms with Crippen molar-refractivity contribution in [3.05, 3.63) is 108 Å². The van der Waals surface area contributed by atoms with E-state index in [9.17, 15) is 0 Å². The molecule has 0 saturated carbocycles. The topological polar surface area (TPSA) is 27.3 Å². The molecule has 0 heterocycles. The highest BCUT2D eigenvalue weighted by atomic mass is 15.1. The Balaban J connectivity index is 1.36. The van der Waals surface area contributed by atoms with Gasteiger partial charge in [0.05, 0.1) is 0 Å². The molecule has 0 bridgehead atoms. The lowest BCUT2D eigenvalue weighted by Crippen LogP contribution is -2.30. The van der Waals surface area contributed by atoms with Crippen molar-refractivity contribution in [3.8, 4) is 0 Å². The lowest BCUT2D eigenvalue weighted by atomic mass is 10.2. The average Bonchev–Trinajstić information content (AvgIpc) is 2.80. The van der Waals surface area contributed by atoms with Crippen LogP contribution in [-0.4, -0.2) is 31.1 Å². The van der Waals surface area contributed by atoms with Crippen LogP contribution in [0.5, 0.6) is 0 Å². The van der Waals surface area contributed by atoms with Crippen molar-refractivity contribution < 1.29 is 0 Å². The van der Waals surface area contributed by atoms with E-state index in [0.717, 1.165) is 58.7 Å². The van der Waals surface area contributed by atoms with Crippen molar-refractivity contribution in [2.24, 2.45) is 0 Å². The van der Waals surface area contributed by atoms with Crippen LogP contribution in [-0.2, 0) is 19.6 Å². The van der Waals surface area contributed by atoms with Gasteiger partial charge in [0.2, 0.25) is 0 Å². The van der Waals surface area contributed by atoms with Crippen LogP contribution in [0.15, 0.2) is 91.0 Å². The van der Waals surface area contributed by atoms with Gasteiger partial charge in [-0.1, -0.05) is 91.0 Å². The minimum Gasteiger partial charge on any atom is -0.313 e. The molecule has 0 radical (unpaired) electrons. The van der Waals surface area contributed by atoms with Crippen molar-refractivity contribution >= 4 is 0 Å². The first kappa shape index (κ1) is 22.2. The normalized spacial score (nSPS) is 11.1. The van der Waals surface area contributed by atoms with Crippen molar-refractivity contribution in [3.63, 3.8) is 0 Å². The van der Waals surface area contributed by atoms with E-state index in [0.29, 0.717) is 0 Å². The standard InChI is InChI=1S/C27H35N3/c1-4-12-25(13-5-1)22-28-18-10-20-30(24-27-16-8-3-9-17-27)21-11-19-29-23-26-14-6-2-7-15-26/h1-9,12-17,28-29H,10-11,18-24H2. The first-order valence-corrected chi connectivity index (χ1v) is 11.2. The molecule has 3 nitrogen and oxygen atoms in total. The highest BCUT2D eigenvalue weighted by Crippen LogP contribution is 2.06. The second-order valence-electron chi connectivity index (χ2n) is 7.79. The van der Waals surface area contributed by atoms with Crippen LogP contribution in [0.25, 0.3) is 0 Å². The predicted molar refractivity (Wildman–Crippen MR) is 127 cm³/mol. The highest BCUT2D eigenvalue weighted by Gasteiger charge is 2.06. The Bertz CT molecular complexity index is 741. The van der Waals surface area contributed by atoms with Crippen molar-refractivity contribution in [2.45, 2.75) is 32.5 Å². The van der Waals surface area contributed by atoms with Crippen LogP contribution in [0.4, 0.5) is 0 Å². The third-order valence-electron chi connectivity index (χ3n) is 5.25. The molecule has 0 aliphatic carbocycles. The van der Waals surface area contributed by atoms with Crippen LogP contribution in [0.2, 0.25) is 0 Å². The van der Waals surface area contributed by atoms with E-state index in [1.165, 1.54) is 16.7 Å². The SMILES string of the molecule is c1ccc(CNCCCN(CCCNCc2ccccc2)Cc2ccccc2)cc1. The van der Waals surface area contributed by atoms with Gasteiger partial charge in [0.1, 0.15) is 0 Å². The number of rotatable bonds is 14. The minimum atomic E-state index is 0.947. The van der Waals surface area contributed by atoms with Crippen molar-refractivity contribution in [2.75, 3.05) is 26.2 Å². The summed E-state index contributed by atoms with van der Waals surface area (Å²) in [4.78, 5) is 2.59. The molecular weight excluding hydrogens is 366 g/mol. The van der Waals surface area contributed by atoms with Gasteiger partial charge in [-0.15, -0.1) is 0 Å². The Hall–Kier alpha value is -2.46. The average molecular weight is 402 g/mol. The van der Waals surface area contributed by atoms with Gasteiger partial charge in [-0.3, -0.25) is 4.90 Å². The summed E-state index contributed by atoms with van der Waals surface area (Å²) in [6.45, 7) is 7.26. The number of nitrogens with zero attached hydrogens (tertiary/aromatic N) is 1. The molecule has 0 aliphatic rings. The molecule has 3 rings (SSSR count). The van der Waals surface area contributed by atoms with Gasteiger partial charge in [-0.25, -0.2) is 0 Å². The zero-order chi connectivity index (χ0) is 20.7. The summed E-state index contributed by atoms with van der Waals surface area (Å²) in [5.41, 5.74) is 4.10. The highest BCUT2D eigenvalue weighted by molar-refractivity contribution is 5.15. The summed E-state index contributed by atoms with van der Waals surface area (Å²) in [6.07, 6.45) is 2.33. The molecule has 0 saturated heterocycles. The Kier molecular flexibility index (Phi) is 10.2. The van der Waals surface area contributed by atoms with Crippen LogP contribution < -0.4 is 10.6 Å². The summed E-state index contributed by atoms with van der Waals surface area (Å²) in [5.74, 6) is 0. The summed E-state index contributed by atoms with van der Waals surface area (Å²) in [6, 6.07) is 32.1. The molecular formula is C27H35N3. The molecule has 0 fully saturated rings. The third-order valence-corrected chi connectivity index (χ3v) is 5.25. The maximum absolute atomic E-state index is 3.58. The molecule has 0 aliphatic heterocycles. The van der Waals surface area contributed by atoms with E-state index in [2.05, 4.69) is 107 Å². The molecule has 0 spiro atoms. The molecule has 2 N–H and O–H groups in total. The van der Waals surface area contributed by atoms with Gasteiger partial charge in [-0.05, 0) is 55.7 Å². The number of nitrogens with one attached hydrogen (secondary N) is 2. The first-order valence-electron chi connectivity index (χ1n) is 11.2. The Morgan fingerprint density at radius 1 is 0.500 bits per heavy atom. The molecule has 0 unspecified atom stereocenters. The van der Waals surface area contributed by atoms with Gasteiger partial charge in [-0.2, -0.15) is 0 Å². The second kappa shape index (κ2) is 13.7. The number of hydrogen-bond donors (Lipinski definition) is 2. The smallest absolute Gasteiger partial charge is 0.0233 e. The summed E-state index contributed by atoms with van der Waals surface area (Å²) in [7, 11) is 0. The fraction of sp³-hybridized carbons (Fsp3) is 0.333. The quantitative estimate of drug-likeness (QED) is 0.378. The molecule has 3 aromatic rings. The Labute approximate surface area is 182 Å². The van der Waals surface area contributed by atoms with Gasteiger partial charge >= 0.3 is 0 Å². The summed E-state index contributed by atoms with van der Waals surface area (Å²) in [5, 5.41) is 7.15. The van der Waals surface area contributed by atoms with Crippen molar-refractivity contribution in [1.82, 2.24) is 15.5 Å². The predicted octanol–water partition coefficient (Wildman–Crippen LogP) is 4.85. The lowest BCUT2D eigenvalue weighted by molar-refractivity contribution is 0.256. The van der Waals surface area contributed by atoms with E-state index in [-0.39, 0.29) is 0 Å². The molecule has 0 aromatic heterocycles. The first-order chi connectivity index (χ1) is 14.9. The van der Waals surface area contributed by atoms with Crippen LogP contribution >= 0.6 is 0 Å². The van der Waals surface area contributed by atoms with Crippen LogP contribution in [0, 0.1) is 0 Å². The van der Waals surface area contributed by atoms with Gasteiger partial charge in [0, 0.05) is 19.6 Å². The fourth-order valence-electron chi connectivity index (χ4n) is 3.62. The molecule has 3 heteroatoms. The third kappa shape index (κ3) is 8.91.